The number of rotatable bonds is 14. The fourth-order valence-electron chi connectivity index (χ4n) is 3.23. The van der Waals surface area contributed by atoms with E-state index in [1.165, 1.54) is 0 Å². The Morgan fingerprint density at radius 2 is 1.50 bits per heavy atom. The Morgan fingerprint density at radius 3 is 1.97 bits per heavy atom. The van der Waals surface area contributed by atoms with Gasteiger partial charge >= 0.3 is 11.9 Å². The summed E-state index contributed by atoms with van der Waals surface area (Å²) < 4.78 is 7.78. The van der Waals surface area contributed by atoms with Crippen molar-refractivity contribution in [3.8, 4) is 0 Å². The van der Waals surface area contributed by atoms with Crippen LogP contribution in [0.4, 0.5) is 0 Å². The van der Waals surface area contributed by atoms with Gasteiger partial charge in [-0.3, -0.25) is 14.5 Å². The predicted octanol–water partition coefficient (Wildman–Crippen LogP) is 1.32. The third kappa shape index (κ3) is 8.65. The van der Waals surface area contributed by atoms with Gasteiger partial charge in [0, 0.05) is 56.7 Å². The summed E-state index contributed by atoms with van der Waals surface area (Å²) in [5, 5.41) is 18.3. The van der Waals surface area contributed by atoms with Gasteiger partial charge in [0.25, 0.3) is 0 Å². The molecule has 4 N–H and O–H groups in total. The number of carbonyl (C=O) groups is 2. The zero-order valence-electron chi connectivity index (χ0n) is 18.0. The largest absolute Gasteiger partial charge is 0.480 e. The molecule has 0 amide bonds. The van der Waals surface area contributed by atoms with Crippen LogP contribution in [0.1, 0.15) is 17.2 Å². The molecule has 0 aliphatic carbocycles. The number of nitrogens with two attached hydrogens (primary N) is 1. The SMILES string of the molecule is NOOSc1ccc(CCN(Cc2nccn2CC(=O)O)Cc2nccn2CC(=O)O)cc1.[Re]. The van der Waals surface area contributed by atoms with Gasteiger partial charge in [-0.15, -0.1) is 9.32 Å². The summed E-state index contributed by atoms with van der Waals surface area (Å²) in [5.74, 6) is 4.12. The smallest absolute Gasteiger partial charge is 0.323 e. The zero-order chi connectivity index (χ0) is 23.6. The second-order valence-electron chi connectivity index (χ2n) is 7.08. The van der Waals surface area contributed by atoms with Crippen molar-refractivity contribution < 1.29 is 49.5 Å². The molecule has 34 heavy (non-hydrogen) atoms. The Morgan fingerprint density at radius 1 is 0.971 bits per heavy atom. The molecule has 0 aliphatic heterocycles. The second kappa shape index (κ2) is 14.0. The van der Waals surface area contributed by atoms with Gasteiger partial charge in [-0.25, -0.2) is 9.97 Å². The van der Waals surface area contributed by atoms with E-state index in [4.69, 9.17) is 16.1 Å². The van der Waals surface area contributed by atoms with Crippen molar-refractivity contribution in [2.45, 2.75) is 37.5 Å². The Balaban J connectivity index is 0.00000408. The summed E-state index contributed by atoms with van der Waals surface area (Å²) in [5.41, 5.74) is 1.07. The van der Waals surface area contributed by atoms with Crippen molar-refractivity contribution >= 4 is 24.0 Å². The van der Waals surface area contributed by atoms with Crippen molar-refractivity contribution in [3.05, 3.63) is 66.3 Å². The molecule has 1 radical (unpaired) electrons. The number of nitrogens with zero attached hydrogens (tertiary/aromatic N) is 5. The van der Waals surface area contributed by atoms with E-state index in [1.54, 1.807) is 33.9 Å². The molecule has 3 rings (SSSR count). The van der Waals surface area contributed by atoms with E-state index in [9.17, 15) is 9.59 Å². The summed E-state index contributed by atoms with van der Waals surface area (Å²) in [6.07, 6.45) is 7.06. The number of carboxylic acids is 2. The first-order valence-electron chi connectivity index (χ1n) is 9.89. The molecule has 3 aromatic rings. The van der Waals surface area contributed by atoms with E-state index in [0.717, 1.165) is 22.5 Å². The molecule has 183 valence electrons. The topological polar surface area (TPSA) is 158 Å². The number of imidazole rings is 2. The fraction of sp³-hybridized carbons (Fsp3) is 0.300. The maximum atomic E-state index is 11.2. The third-order valence-corrected chi connectivity index (χ3v) is 5.37. The number of hydrogen-bond acceptors (Lipinski definition) is 9. The summed E-state index contributed by atoms with van der Waals surface area (Å²) in [6, 6.07) is 7.67. The summed E-state index contributed by atoms with van der Waals surface area (Å²) in [4.78, 5) is 37.9. The van der Waals surface area contributed by atoms with Crippen LogP contribution in [0.25, 0.3) is 0 Å². The molecule has 2 heterocycles. The van der Waals surface area contributed by atoms with Crippen LogP contribution in [0.15, 0.2) is 53.9 Å². The third-order valence-electron chi connectivity index (χ3n) is 4.75. The van der Waals surface area contributed by atoms with Gasteiger partial charge in [0.2, 0.25) is 0 Å². The molecule has 0 fully saturated rings. The van der Waals surface area contributed by atoms with Crippen LogP contribution in [0.2, 0.25) is 0 Å². The molecular formula is C20H24N6O6ReS. The molecule has 1 aromatic carbocycles. The van der Waals surface area contributed by atoms with E-state index in [2.05, 4.69) is 24.2 Å². The molecule has 12 nitrogen and oxygen atoms in total. The quantitative estimate of drug-likeness (QED) is 0.130. The Hall–Kier alpha value is -2.57. The minimum Gasteiger partial charge on any atom is -0.480 e. The normalized spacial score (nSPS) is 10.9. The minimum atomic E-state index is -0.959. The van der Waals surface area contributed by atoms with Gasteiger partial charge in [-0.05, 0) is 24.1 Å². The van der Waals surface area contributed by atoms with Crippen molar-refractivity contribution in [3.63, 3.8) is 0 Å². The van der Waals surface area contributed by atoms with E-state index in [0.29, 0.717) is 37.7 Å². The Bertz CT molecular complexity index is 1000. The van der Waals surface area contributed by atoms with Crippen LogP contribution in [-0.4, -0.2) is 52.7 Å². The number of aliphatic carboxylic acids is 2. The fourth-order valence-corrected chi connectivity index (χ4v) is 3.60. The first-order valence-corrected chi connectivity index (χ1v) is 10.6. The number of aromatic nitrogens is 4. The van der Waals surface area contributed by atoms with E-state index in [-0.39, 0.29) is 33.5 Å². The van der Waals surface area contributed by atoms with Crippen LogP contribution >= 0.6 is 12.0 Å². The number of carboxylic acid groups (broad SMARTS) is 2. The zero-order valence-corrected chi connectivity index (χ0v) is 21.5. The molecular weight excluding hydrogens is 639 g/mol. The summed E-state index contributed by atoms with van der Waals surface area (Å²) in [7, 11) is 0. The molecule has 14 heteroatoms. The summed E-state index contributed by atoms with van der Waals surface area (Å²) in [6.45, 7) is 0.968. The monoisotopic (exact) mass is 663 g/mol. The van der Waals surface area contributed by atoms with Gasteiger partial charge < -0.3 is 19.3 Å². The minimum absolute atomic E-state index is 0. The predicted molar refractivity (Wildman–Crippen MR) is 116 cm³/mol. The van der Waals surface area contributed by atoms with Crippen molar-refractivity contribution in [1.82, 2.24) is 24.0 Å². The number of benzene rings is 1. The number of hydrogen-bond donors (Lipinski definition) is 3. The van der Waals surface area contributed by atoms with Crippen LogP contribution in [0.5, 0.6) is 0 Å². The van der Waals surface area contributed by atoms with E-state index in [1.807, 2.05) is 24.3 Å². The molecule has 0 aliphatic rings. The molecule has 0 saturated carbocycles. The molecule has 0 unspecified atom stereocenters. The summed E-state index contributed by atoms with van der Waals surface area (Å²) >= 11 is 0.996. The van der Waals surface area contributed by atoms with Gasteiger partial charge in [0.05, 0.1) is 25.1 Å². The second-order valence-corrected chi connectivity index (χ2v) is 7.86. The molecule has 0 spiro atoms. The first-order chi connectivity index (χ1) is 15.9. The maximum absolute atomic E-state index is 11.2. The van der Waals surface area contributed by atoms with Crippen LogP contribution < -0.4 is 5.90 Å². The van der Waals surface area contributed by atoms with Crippen LogP contribution in [0.3, 0.4) is 0 Å². The van der Waals surface area contributed by atoms with Gasteiger partial charge in [-0.2, -0.15) is 5.90 Å². The van der Waals surface area contributed by atoms with E-state index >= 15 is 0 Å². The molecule has 0 bridgehead atoms. The average molecular weight is 663 g/mol. The molecule has 2 aromatic heterocycles. The van der Waals surface area contributed by atoms with Crippen molar-refractivity contribution in [1.29, 1.82) is 0 Å². The maximum Gasteiger partial charge on any atom is 0.323 e. The van der Waals surface area contributed by atoms with Gasteiger partial charge in [-0.1, -0.05) is 12.1 Å². The average Bonchev–Trinajstić information content (AvgIpc) is 3.39. The standard InChI is InChI=1S/C20H24N6O6S.Re/c21-31-32-33-16-3-1-15(2-4-16)5-8-24(11-17-22-6-9-25(17)13-19(27)28)12-18-23-7-10-26(18)14-20(29)30;/h1-4,6-7,9-10H,5,8,11-14,21H2,(H,27,28)(H,29,30);. The Labute approximate surface area is 213 Å². The molecule has 0 atom stereocenters. The van der Waals surface area contributed by atoms with Crippen molar-refractivity contribution in [2.75, 3.05) is 6.54 Å². The Kier molecular flexibility index (Phi) is 11.4. The van der Waals surface area contributed by atoms with Crippen LogP contribution in [0, 0.1) is 0 Å². The molecule has 0 saturated heterocycles. The first kappa shape index (κ1) is 27.7. The van der Waals surface area contributed by atoms with Crippen molar-refractivity contribution in [2.24, 2.45) is 5.90 Å². The van der Waals surface area contributed by atoms with Gasteiger partial charge in [0.1, 0.15) is 24.7 Å². The van der Waals surface area contributed by atoms with E-state index < -0.39 is 11.9 Å². The van der Waals surface area contributed by atoms with Gasteiger partial charge in [0.15, 0.2) is 0 Å². The van der Waals surface area contributed by atoms with Crippen LogP contribution in [-0.2, 0) is 71.9 Å².